The lowest BCUT2D eigenvalue weighted by atomic mass is 10.1. The molecule has 1 atom stereocenters. The number of hydrogen-bond donors (Lipinski definition) is 1. The number of hydrogen-bond acceptors (Lipinski definition) is 4. The highest BCUT2D eigenvalue weighted by atomic mass is 16.6. The molecule has 0 aliphatic carbocycles. The molecule has 1 aromatic carbocycles. The average Bonchev–Trinajstić information content (AvgIpc) is 2.87. The molecule has 1 aromatic rings. The Bertz CT molecular complexity index is 501. The summed E-state index contributed by atoms with van der Waals surface area (Å²) in [7, 11) is 0. The number of anilines is 1. The van der Waals surface area contributed by atoms with E-state index in [0.29, 0.717) is 13.2 Å². The number of carbonyl (C=O) groups excluding carboxylic acids is 2. The van der Waals surface area contributed by atoms with Gasteiger partial charge in [-0.05, 0) is 31.0 Å². The first kappa shape index (κ1) is 15.2. The van der Waals surface area contributed by atoms with E-state index in [-0.39, 0.29) is 12.6 Å². The van der Waals surface area contributed by atoms with Crippen LogP contribution in [0.3, 0.4) is 0 Å². The van der Waals surface area contributed by atoms with Crippen LogP contribution in [0.15, 0.2) is 24.3 Å². The lowest BCUT2D eigenvalue weighted by molar-refractivity contribution is 0.127. The van der Waals surface area contributed by atoms with E-state index in [2.05, 4.69) is 12.2 Å². The maximum Gasteiger partial charge on any atom is 0.414 e. The zero-order valence-corrected chi connectivity index (χ0v) is 12.3. The summed E-state index contributed by atoms with van der Waals surface area (Å²) in [6.45, 7) is 4.78. The Morgan fingerprint density at radius 1 is 1.38 bits per heavy atom. The molecule has 21 heavy (non-hydrogen) atoms. The van der Waals surface area contributed by atoms with E-state index in [1.54, 1.807) is 11.8 Å². The second kappa shape index (κ2) is 6.97. The number of nitrogens with zero attached hydrogens (tertiary/aromatic N) is 1. The minimum Gasteiger partial charge on any atom is -0.450 e. The van der Waals surface area contributed by atoms with Crippen molar-refractivity contribution in [3.63, 3.8) is 0 Å². The van der Waals surface area contributed by atoms with Crippen molar-refractivity contribution in [2.24, 2.45) is 0 Å². The number of cyclic esters (lactones) is 1. The molecule has 2 amide bonds. The van der Waals surface area contributed by atoms with Gasteiger partial charge >= 0.3 is 12.2 Å². The highest BCUT2D eigenvalue weighted by molar-refractivity contribution is 5.89. The molecule has 0 radical (unpaired) electrons. The zero-order chi connectivity index (χ0) is 15.2. The molecular formula is C15H20N2O4. The van der Waals surface area contributed by atoms with Crippen LogP contribution in [0.4, 0.5) is 15.3 Å². The number of alkyl carbamates (subject to hydrolysis) is 1. The van der Waals surface area contributed by atoms with Crippen LogP contribution in [0, 0.1) is 0 Å². The van der Waals surface area contributed by atoms with Crippen molar-refractivity contribution in [3.8, 4) is 0 Å². The number of nitrogens with one attached hydrogen (secondary N) is 1. The number of rotatable bonds is 5. The fourth-order valence-electron chi connectivity index (χ4n) is 2.13. The third kappa shape index (κ3) is 3.87. The molecule has 0 aromatic heterocycles. The number of carbonyl (C=O) groups is 2. The van der Waals surface area contributed by atoms with E-state index in [9.17, 15) is 9.59 Å². The van der Waals surface area contributed by atoms with Gasteiger partial charge in [0, 0.05) is 5.69 Å². The molecule has 1 heterocycles. The molecule has 2 rings (SSSR count). The molecule has 6 heteroatoms. The molecule has 0 spiro atoms. The van der Waals surface area contributed by atoms with Crippen LogP contribution in [0.1, 0.15) is 19.4 Å². The van der Waals surface area contributed by atoms with Gasteiger partial charge in [-0.15, -0.1) is 0 Å². The monoisotopic (exact) mass is 292 g/mol. The highest BCUT2D eigenvalue weighted by Crippen LogP contribution is 2.22. The largest absolute Gasteiger partial charge is 0.450 e. The van der Waals surface area contributed by atoms with Gasteiger partial charge in [-0.2, -0.15) is 0 Å². The second-order valence-electron chi connectivity index (χ2n) is 4.74. The Morgan fingerprint density at radius 2 is 2.10 bits per heavy atom. The Kier molecular flexibility index (Phi) is 5.03. The van der Waals surface area contributed by atoms with Crippen LogP contribution < -0.4 is 10.2 Å². The van der Waals surface area contributed by atoms with Crippen molar-refractivity contribution in [2.75, 3.05) is 24.6 Å². The lowest BCUT2D eigenvalue weighted by Gasteiger charge is -2.13. The predicted octanol–water partition coefficient (Wildman–Crippen LogP) is 2.32. The molecule has 1 unspecified atom stereocenters. The number of aryl methyl sites for hydroxylation is 1. The number of ether oxygens (including phenoxy) is 2. The summed E-state index contributed by atoms with van der Waals surface area (Å²) in [6.07, 6.45) is -0.307. The van der Waals surface area contributed by atoms with Crippen molar-refractivity contribution in [2.45, 2.75) is 26.4 Å². The molecule has 1 aliphatic rings. The molecule has 6 nitrogen and oxygen atoms in total. The van der Waals surface area contributed by atoms with Crippen LogP contribution in [0.5, 0.6) is 0 Å². The summed E-state index contributed by atoms with van der Waals surface area (Å²) >= 11 is 0. The topological polar surface area (TPSA) is 67.9 Å². The van der Waals surface area contributed by atoms with E-state index in [4.69, 9.17) is 9.47 Å². The molecule has 0 bridgehead atoms. The number of benzene rings is 1. The van der Waals surface area contributed by atoms with Gasteiger partial charge in [0.1, 0.15) is 6.10 Å². The van der Waals surface area contributed by atoms with Gasteiger partial charge in [0.05, 0.1) is 19.7 Å². The maximum absolute atomic E-state index is 11.9. The Morgan fingerprint density at radius 3 is 2.71 bits per heavy atom. The zero-order valence-electron chi connectivity index (χ0n) is 12.3. The quantitative estimate of drug-likeness (QED) is 0.904. The van der Waals surface area contributed by atoms with E-state index in [1.807, 2.05) is 24.3 Å². The minimum absolute atomic E-state index is 0.244. The van der Waals surface area contributed by atoms with Gasteiger partial charge in [-0.25, -0.2) is 9.59 Å². The average molecular weight is 292 g/mol. The van der Waals surface area contributed by atoms with E-state index < -0.39 is 12.2 Å². The van der Waals surface area contributed by atoms with Crippen LogP contribution in [0.2, 0.25) is 0 Å². The van der Waals surface area contributed by atoms with E-state index in [1.165, 1.54) is 5.56 Å². The summed E-state index contributed by atoms with van der Waals surface area (Å²) in [4.78, 5) is 24.7. The summed E-state index contributed by atoms with van der Waals surface area (Å²) in [6, 6.07) is 7.79. The SMILES string of the molecule is CCOC(=O)NCC1CN(c2ccc(CC)cc2)C(=O)O1. The van der Waals surface area contributed by atoms with Gasteiger partial charge in [0.15, 0.2) is 0 Å². The van der Waals surface area contributed by atoms with Crippen LogP contribution in [0.25, 0.3) is 0 Å². The minimum atomic E-state index is -0.501. The van der Waals surface area contributed by atoms with E-state index in [0.717, 1.165) is 12.1 Å². The van der Waals surface area contributed by atoms with Gasteiger partial charge in [0.25, 0.3) is 0 Å². The van der Waals surface area contributed by atoms with Crippen LogP contribution >= 0.6 is 0 Å². The van der Waals surface area contributed by atoms with Gasteiger partial charge in [0.2, 0.25) is 0 Å². The van der Waals surface area contributed by atoms with E-state index >= 15 is 0 Å². The standard InChI is InChI=1S/C15H20N2O4/c1-3-11-5-7-12(8-6-11)17-10-13(21-15(17)19)9-16-14(18)20-4-2/h5-8,13H,3-4,9-10H2,1-2H3,(H,16,18). The first-order valence-corrected chi connectivity index (χ1v) is 7.11. The fourth-order valence-corrected chi connectivity index (χ4v) is 2.13. The molecule has 1 saturated heterocycles. The van der Waals surface area contributed by atoms with Crippen LogP contribution in [-0.2, 0) is 15.9 Å². The third-order valence-electron chi connectivity index (χ3n) is 3.28. The van der Waals surface area contributed by atoms with Crippen molar-refractivity contribution in [1.29, 1.82) is 0 Å². The van der Waals surface area contributed by atoms with Crippen LogP contribution in [-0.4, -0.2) is 38.0 Å². The van der Waals surface area contributed by atoms with Crippen molar-refractivity contribution < 1.29 is 19.1 Å². The predicted molar refractivity (Wildman–Crippen MR) is 78.5 cm³/mol. The smallest absolute Gasteiger partial charge is 0.414 e. The Balaban J connectivity index is 1.91. The summed E-state index contributed by atoms with van der Waals surface area (Å²) in [5.41, 5.74) is 2.02. The van der Waals surface area contributed by atoms with Crippen molar-refractivity contribution >= 4 is 17.9 Å². The maximum atomic E-state index is 11.9. The van der Waals surface area contributed by atoms with Gasteiger partial charge in [-0.1, -0.05) is 19.1 Å². The van der Waals surface area contributed by atoms with Crippen molar-refractivity contribution in [3.05, 3.63) is 29.8 Å². The Labute approximate surface area is 124 Å². The van der Waals surface area contributed by atoms with Crippen molar-refractivity contribution in [1.82, 2.24) is 5.32 Å². The fraction of sp³-hybridized carbons (Fsp3) is 0.467. The summed E-state index contributed by atoms with van der Waals surface area (Å²) < 4.78 is 9.99. The normalized spacial score (nSPS) is 17.5. The molecular weight excluding hydrogens is 272 g/mol. The first-order chi connectivity index (χ1) is 10.1. The first-order valence-electron chi connectivity index (χ1n) is 7.11. The lowest BCUT2D eigenvalue weighted by Crippen LogP contribution is -2.34. The van der Waals surface area contributed by atoms with Gasteiger partial charge < -0.3 is 14.8 Å². The Hall–Kier alpha value is -2.24. The second-order valence-corrected chi connectivity index (χ2v) is 4.74. The summed E-state index contributed by atoms with van der Waals surface area (Å²) in [5, 5.41) is 2.57. The molecule has 1 fully saturated rings. The molecule has 0 saturated carbocycles. The third-order valence-corrected chi connectivity index (χ3v) is 3.28. The summed E-state index contributed by atoms with van der Waals surface area (Å²) in [5.74, 6) is 0. The van der Waals surface area contributed by atoms with Gasteiger partial charge in [-0.3, -0.25) is 4.90 Å². The number of amides is 2. The molecule has 114 valence electrons. The highest BCUT2D eigenvalue weighted by Gasteiger charge is 2.32. The molecule has 1 N–H and O–H groups in total. The molecule has 1 aliphatic heterocycles.